The molecule has 0 amide bonds. The lowest BCUT2D eigenvalue weighted by molar-refractivity contribution is 0.414. The molecule has 0 radical (unpaired) electrons. The molecule has 0 aliphatic heterocycles. The summed E-state index contributed by atoms with van der Waals surface area (Å²) in [6.45, 7) is 0.882. The van der Waals surface area contributed by atoms with E-state index in [1.54, 1.807) is 7.11 Å². The molecule has 0 aliphatic rings. The third kappa shape index (κ3) is 3.67. The van der Waals surface area contributed by atoms with Gasteiger partial charge in [0.1, 0.15) is 5.75 Å². The third-order valence-corrected chi connectivity index (χ3v) is 2.96. The number of nitrogens with one attached hydrogen (secondary N) is 1. The number of halogens is 1. The van der Waals surface area contributed by atoms with E-state index in [0.29, 0.717) is 0 Å². The smallest absolute Gasteiger partial charge is 0.118 e. The monoisotopic (exact) mass is 261 g/mol. The van der Waals surface area contributed by atoms with Crippen LogP contribution in [0.4, 0.5) is 5.69 Å². The highest BCUT2D eigenvalue weighted by atomic mass is 35.5. The number of methoxy groups -OCH3 is 1. The molecule has 2 rings (SSSR count). The summed E-state index contributed by atoms with van der Waals surface area (Å²) in [7, 11) is 1.68. The topological polar surface area (TPSA) is 21.3 Å². The SMILES string of the molecule is COc1ccc(CCNc2cccc(Cl)c2)cc1. The van der Waals surface area contributed by atoms with Crippen molar-refractivity contribution in [3.8, 4) is 5.75 Å². The van der Waals surface area contributed by atoms with Gasteiger partial charge >= 0.3 is 0 Å². The van der Waals surface area contributed by atoms with Gasteiger partial charge in [-0.1, -0.05) is 29.8 Å². The number of rotatable bonds is 5. The van der Waals surface area contributed by atoms with E-state index in [1.165, 1.54) is 5.56 Å². The Morgan fingerprint density at radius 1 is 1.11 bits per heavy atom. The lowest BCUT2D eigenvalue weighted by Gasteiger charge is -2.07. The summed E-state index contributed by atoms with van der Waals surface area (Å²) in [6.07, 6.45) is 0.969. The Balaban J connectivity index is 1.84. The predicted molar refractivity (Wildman–Crippen MR) is 76.6 cm³/mol. The lowest BCUT2D eigenvalue weighted by Crippen LogP contribution is -2.04. The molecule has 0 saturated carbocycles. The van der Waals surface area contributed by atoms with E-state index in [2.05, 4.69) is 17.4 Å². The molecule has 1 N–H and O–H groups in total. The predicted octanol–water partition coefficient (Wildman–Crippen LogP) is 4.00. The van der Waals surface area contributed by atoms with E-state index in [4.69, 9.17) is 16.3 Å². The van der Waals surface area contributed by atoms with Crippen LogP contribution in [0.25, 0.3) is 0 Å². The second-order valence-corrected chi connectivity index (χ2v) is 4.47. The summed E-state index contributed by atoms with van der Waals surface area (Å²) >= 11 is 5.92. The molecule has 0 atom stereocenters. The number of benzene rings is 2. The maximum Gasteiger partial charge on any atom is 0.118 e. The Labute approximate surface area is 113 Å². The van der Waals surface area contributed by atoms with Crippen molar-refractivity contribution in [2.75, 3.05) is 19.0 Å². The first-order chi connectivity index (χ1) is 8.78. The van der Waals surface area contributed by atoms with Crippen LogP contribution in [-0.2, 0) is 6.42 Å². The largest absolute Gasteiger partial charge is 0.497 e. The van der Waals surface area contributed by atoms with E-state index in [0.717, 1.165) is 29.4 Å². The molecule has 94 valence electrons. The van der Waals surface area contributed by atoms with Crippen LogP contribution in [-0.4, -0.2) is 13.7 Å². The highest BCUT2D eigenvalue weighted by Crippen LogP contribution is 2.15. The minimum Gasteiger partial charge on any atom is -0.497 e. The zero-order valence-electron chi connectivity index (χ0n) is 10.3. The molecular weight excluding hydrogens is 246 g/mol. The van der Waals surface area contributed by atoms with Crippen molar-refractivity contribution in [1.29, 1.82) is 0 Å². The Bertz CT molecular complexity index is 496. The second kappa shape index (κ2) is 6.31. The Kier molecular flexibility index (Phi) is 4.48. The molecule has 3 heteroatoms. The fraction of sp³-hybridized carbons (Fsp3) is 0.200. The van der Waals surface area contributed by atoms with E-state index in [1.807, 2.05) is 36.4 Å². The van der Waals surface area contributed by atoms with Gasteiger partial charge in [0.2, 0.25) is 0 Å². The number of hydrogen-bond acceptors (Lipinski definition) is 2. The van der Waals surface area contributed by atoms with Crippen molar-refractivity contribution in [3.05, 3.63) is 59.1 Å². The molecule has 0 aromatic heterocycles. The standard InChI is InChI=1S/C15H16ClNO/c1-18-15-7-5-12(6-8-15)9-10-17-14-4-2-3-13(16)11-14/h2-8,11,17H,9-10H2,1H3. The molecule has 18 heavy (non-hydrogen) atoms. The van der Waals surface area contributed by atoms with Crippen LogP contribution in [0.3, 0.4) is 0 Å². The number of hydrogen-bond donors (Lipinski definition) is 1. The number of anilines is 1. The lowest BCUT2D eigenvalue weighted by atomic mass is 10.1. The molecule has 0 saturated heterocycles. The van der Waals surface area contributed by atoms with Gasteiger partial charge in [0, 0.05) is 17.3 Å². The van der Waals surface area contributed by atoms with Gasteiger partial charge in [-0.15, -0.1) is 0 Å². The van der Waals surface area contributed by atoms with Crippen molar-refractivity contribution in [2.24, 2.45) is 0 Å². The molecule has 0 bridgehead atoms. The van der Waals surface area contributed by atoms with Gasteiger partial charge in [0.15, 0.2) is 0 Å². The van der Waals surface area contributed by atoms with Gasteiger partial charge in [-0.3, -0.25) is 0 Å². The molecule has 0 unspecified atom stereocenters. The summed E-state index contributed by atoms with van der Waals surface area (Å²) in [6, 6.07) is 15.9. The Hall–Kier alpha value is -1.67. The van der Waals surface area contributed by atoms with Gasteiger partial charge < -0.3 is 10.1 Å². The van der Waals surface area contributed by atoms with Gasteiger partial charge in [0.05, 0.1) is 7.11 Å². The molecule has 0 heterocycles. The fourth-order valence-electron chi connectivity index (χ4n) is 1.74. The van der Waals surface area contributed by atoms with Crippen molar-refractivity contribution < 1.29 is 4.74 Å². The fourth-order valence-corrected chi connectivity index (χ4v) is 1.93. The van der Waals surface area contributed by atoms with Crippen LogP contribution >= 0.6 is 11.6 Å². The van der Waals surface area contributed by atoms with Crippen molar-refractivity contribution in [2.45, 2.75) is 6.42 Å². The van der Waals surface area contributed by atoms with Gasteiger partial charge in [-0.05, 0) is 42.3 Å². The van der Waals surface area contributed by atoms with E-state index >= 15 is 0 Å². The molecule has 2 nitrogen and oxygen atoms in total. The van der Waals surface area contributed by atoms with Gasteiger partial charge in [-0.25, -0.2) is 0 Å². The van der Waals surface area contributed by atoms with Crippen molar-refractivity contribution >= 4 is 17.3 Å². The number of ether oxygens (including phenoxy) is 1. The molecule has 0 fully saturated rings. The maximum atomic E-state index is 5.92. The Morgan fingerprint density at radius 2 is 1.89 bits per heavy atom. The molecule has 0 spiro atoms. The minimum absolute atomic E-state index is 0.754. The molecular formula is C15H16ClNO. The summed E-state index contributed by atoms with van der Waals surface area (Å²) in [5.74, 6) is 0.890. The highest BCUT2D eigenvalue weighted by molar-refractivity contribution is 6.30. The molecule has 2 aromatic rings. The third-order valence-electron chi connectivity index (χ3n) is 2.73. The average molecular weight is 262 g/mol. The van der Waals surface area contributed by atoms with Crippen molar-refractivity contribution in [1.82, 2.24) is 0 Å². The summed E-state index contributed by atoms with van der Waals surface area (Å²) in [5, 5.41) is 4.10. The van der Waals surface area contributed by atoms with E-state index in [9.17, 15) is 0 Å². The molecule has 0 aliphatic carbocycles. The van der Waals surface area contributed by atoms with Gasteiger partial charge in [-0.2, -0.15) is 0 Å². The van der Waals surface area contributed by atoms with Crippen LogP contribution in [0.2, 0.25) is 5.02 Å². The van der Waals surface area contributed by atoms with Crippen LogP contribution in [0.15, 0.2) is 48.5 Å². The van der Waals surface area contributed by atoms with Gasteiger partial charge in [0.25, 0.3) is 0 Å². The normalized spacial score (nSPS) is 10.1. The highest BCUT2D eigenvalue weighted by Gasteiger charge is 1.96. The van der Waals surface area contributed by atoms with Crippen LogP contribution < -0.4 is 10.1 Å². The first-order valence-corrected chi connectivity index (χ1v) is 6.28. The van der Waals surface area contributed by atoms with E-state index < -0.39 is 0 Å². The quantitative estimate of drug-likeness (QED) is 0.878. The zero-order valence-corrected chi connectivity index (χ0v) is 11.1. The summed E-state index contributed by atoms with van der Waals surface area (Å²) < 4.78 is 5.13. The zero-order chi connectivity index (χ0) is 12.8. The average Bonchev–Trinajstić information content (AvgIpc) is 2.40. The Morgan fingerprint density at radius 3 is 2.56 bits per heavy atom. The summed E-state index contributed by atoms with van der Waals surface area (Å²) in [5.41, 5.74) is 2.33. The van der Waals surface area contributed by atoms with Crippen LogP contribution in [0.1, 0.15) is 5.56 Å². The van der Waals surface area contributed by atoms with E-state index in [-0.39, 0.29) is 0 Å². The molecule has 2 aromatic carbocycles. The van der Waals surface area contributed by atoms with Crippen LogP contribution in [0.5, 0.6) is 5.75 Å². The maximum absolute atomic E-state index is 5.92. The minimum atomic E-state index is 0.754. The second-order valence-electron chi connectivity index (χ2n) is 4.04. The first kappa shape index (κ1) is 12.8. The van der Waals surface area contributed by atoms with Crippen molar-refractivity contribution in [3.63, 3.8) is 0 Å². The summed E-state index contributed by atoms with van der Waals surface area (Å²) in [4.78, 5) is 0. The first-order valence-electron chi connectivity index (χ1n) is 5.90. The van der Waals surface area contributed by atoms with Crippen LogP contribution in [0, 0.1) is 0 Å².